The summed E-state index contributed by atoms with van der Waals surface area (Å²) in [6.45, 7) is 1.96. The van der Waals surface area contributed by atoms with Crippen LogP contribution in [0.4, 0.5) is 5.69 Å². The molecule has 0 radical (unpaired) electrons. The minimum Gasteiger partial charge on any atom is -0.338 e. The number of para-hydroxylation sites is 1. The smallest absolute Gasteiger partial charge is 0.234 e. The van der Waals surface area contributed by atoms with Gasteiger partial charge < -0.3 is 10.3 Å². The third kappa shape index (κ3) is 3.42. The number of nitrogens with zero attached hydrogens (tertiary/aromatic N) is 3. The van der Waals surface area contributed by atoms with Crippen molar-refractivity contribution in [2.24, 2.45) is 0 Å². The summed E-state index contributed by atoms with van der Waals surface area (Å²) in [5, 5.41) is 12.7. The van der Waals surface area contributed by atoms with Crippen molar-refractivity contribution in [2.75, 3.05) is 11.1 Å². The molecule has 0 unspecified atom stereocenters. The zero-order valence-electron chi connectivity index (χ0n) is 13.8. The van der Waals surface area contributed by atoms with Crippen LogP contribution in [0.2, 0.25) is 0 Å². The molecule has 4 rings (SSSR count). The van der Waals surface area contributed by atoms with Crippen molar-refractivity contribution in [3.8, 4) is 0 Å². The number of carbonyl (C=O) groups is 1. The predicted molar refractivity (Wildman–Crippen MR) is 107 cm³/mol. The van der Waals surface area contributed by atoms with Crippen LogP contribution < -0.4 is 5.32 Å². The molecular formula is C18H14BrN5OS. The van der Waals surface area contributed by atoms with E-state index in [1.54, 1.807) is 0 Å². The fraction of sp³-hybridized carbons (Fsp3) is 0.111. The summed E-state index contributed by atoms with van der Waals surface area (Å²) in [5.74, 6) is 0.112. The Balaban J connectivity index is 1.50. The molecule has 0 aliphatic heterocycles. The van der Waals surface area contributed by atoms with Crippen LogP contribution >= 0.6 is 27.7 Å². The molecule has 0 atom stereocenters. The molecule has 0 spiro atoms. The number of thioether (sulfide) groups is 1. The minimum atomic E-state index is -0.103. The summed E-state index contributed by atoms with van der Waals surface area (Å²) in [5.41, 5.74) is 4.16. The maximum atomic E-state index is 12.2. The molecular weight excluding hydrogens is 414 g/mol. The van der Waals surface area contributed by atoms with Crippen molar-refractivity contribution in [3.05, 3.63) is 52.5 Å². The molecule has 2 aromatic carbocycles. The van der Waals surface area contributed by atoms with Crippen molar-refractivity contribution in [3.63, 3.8) is 0 Å². The van der Waals surface area contributed by atoms with Gasteiger partial charge in [0, 0.05) is 21.1 Å². The Morgan fingerprint density at radius 1 is 1.23 bits per heavy atom. The van der Waals surface area contributed by atoms with E-state index in [9.17, 15) is 4.79 Å². The van der Waals surface area contributed by atoms with Crippen LogP contribution in [0.1, 0.15) is 5.56 Å². The van der Waals surface area contributed by atoms with Crippen molar-refractivity contribution < 1.29 is 4.79 Å². The van der Waals surface area contributed by atoms with Gasteiger partial charge in [-0.3, -0.25) is 4.79 Å². The first kappa shape index (κ1) is 17.0. The second-order valence-corrected chi connectivity index (χ2v) is 7.62. The lowest BCUT2D eigenvalue weighted by Crippen LogP contribution is -2.15. The van der Waals surface area contributed by atoms with E-state index < -0.39 is 0 Å². The van der Waals surface area contributed by atoms with Gasteiger partial charge in [0.2, 0.25) is 11.1 Å². The van der Waals surface area contributed by atoms with Gasteiger partial charge in [0.25, 0.3) is 0 Å². The van der Waals surface area contributed by atoms with Crippen LogP contribution in [-0.4, -0.2) is 31.8 Å². The molecule has 130 valence electrons. The molecule has 0 bridgehead atoms. The number of hydrogen-bond donors (Lipinski definition) is 2. The Morgan fingerprint density at radius 3 is 2.92 bits per heavy atom. The SMILES string of the molecule is Cc1ccccc1NC(=O)CSc1nnc2c(n1)[nH]c1ccc(Br)cc12. The lowest BCUT2D eigenvalue weighted by atomic mass is 10.2. The van der Waals surface area contributed by atoms with E-state index in [0.29, 0.717) is 10.8 Å². The molecule has 2 aromatic heterocycles. The Morgan fingerprint density at radius 2 is 2.08 bits per heavy atom. The number of aryl methyl sites for hydroxylation is 1. The zero-order valence-corrected chi connectivity index (χ0v) is 16.2. The first-order chi connectivity index (χ1) is 12.6. The third-order valence-electron chi connectivity index (χ3n) is 3.91. The van der Waals surface area contributed by atoms with Crippen LogP contribution in [0.3, 0.4) is 0 Å². The van der Waals surface area contributed by atoms with E-state index in [0.717, 1.165) is 32.1 Å². The van der Waals surface area contributed by atoms with E-state index in [1.165, 1.54) is 11.8 Å². The van der Waals surface area contributed by atoms with Crippen molar-refractivity contribution in [1.29, 1.82) is 0 Å². The molecule has 26 heavy (non-hydrogen) atoms. The normalized spacial score (nSPS) is 11.2. The van der Waals surface area contributed by atoms with Crippen LogP contribution in [0.5, 0.6) is 0 Å². The van der Waals surface area contributed by atoms with E-state index in [2.05, 4.69) is 41.4 Å². The molecule has 0 aliphatic carbocycles. The monoisotopic (exact) mass is 427 g/mol. The van der Waals surface area contributed by atoms with Gasteiger partial charge in [0.15, 0.2) is 5.65 Å². The number of aromatic nitrogens is 4. The molecule has 2 heterocycles. The topological polar surface area (TPSA) is 83.6 Å². The second-order valence-electron chi connectivity index (χ2n) is 5.76. The number of aromatic amines is 1. The Bertz CT molecular complexity index is 1130. The first-order valence-electron chi connectivity index (χ1n) is 7.90. The van der Waals surface area contributed by atoms with Gasteiger partial charge >= 0.3 is 0 Å². The fourth-order valence-corrected chi connectivity index (χ4v) is 3.57. The largest absolute Gasteiger partial charge is 0.338 e. The highest BCUT2D eigenvalue weighted by atomic mass is 79.9. The quantitative estimate of drug-likeness (QED) is 0.474. The highest BCUT2D eigenvalue weighted by molar-refractivity contribution is 9.10. The van der Waals surface area contributed by atoms with Crippen molar-refractivity contribution >= 4 is 61.4 Å². The van der Waals surface area contributed by atoms with Gasteiger partial charge in [-0.1, -0.05) is 45.9 Å². The first-order valence-corrected chi connectivity index (χ1v) is 9.68. The lowest BCUT2D eigenvalue weighted by molar-refractivity contribution is -0.113. The maximum Gasteiger partial charge on any atom is 0.234 e. The molecule has 0 aliphatic rings. The molecule has 4 aromatic rings. The maximum absolute atomic E-state index is 12.2. The number of hydrogen-bond acceptors (Lipinski definition) is 5. The van der Waals surface area contributed by atoms with Gasteiger partial charge in [-0.2, -0.15) is 0 Å². The lowest BCUT2D eigenvalue weighted by Gasteiger charge is -2.07. The van der Waals surface area contributed by atoms with Gasteiger partial charge in [-0.05, 0) is 36.8 Å². The minimum absolute atomic E-state index is 0.103. The van der Waals surface area contributed by atoms with Gasteiger partial charge in [0.05, 0.1) is 5.75 Å². The highest BCUT2D eigenvalue weighted by Gasteiger charge is 2.11. The zero-order chi connectivity index (χ0) is 18.1. The number of anilines is 1. The Labute approximate surface area is 161 Å². The second kappa shape index (κ2) is 7.05. The summed E-state index contributed by atoms with van der Waals surface area (Å²) in [4.78, 5) is 19.9. The van der Waals surface area contributed by atoms with Crippen molar-refractivity contribution in [2.45, 2.75) is 12.1 Å². The van der Waals surface area contributed by atoms with Crippen LogP contribution in [0.15, 0.2) is 52.1 Å². The number of fused-ring (bicyclic) bond motifs is 3. The number of nitrogens with one attached hydrogen (secondary N) is 2. The van der Waals surface area contributed by atoms with E-state index in [-0.39, 0.29) is 11.7 Å². The number of amides is 1. The fourth-order valence-electron chi connectivity index (χ4n) is 2.62. The number of benzene rings is 2. The van der Waals surface area contributed by atoms with Crippen LogP contribution in [-0.2, 0) is 4.79 Å². The molecule has 6 nitrogen and oxygen atoms in total. The molecule has 0 saturated carbocycles. The van der Waals surface area contributed by atoms with Gasteiger partial charge in [0.1, 0.15) is 5.52 Å². The number of H-pyrrole nitrogens is 1. The summed E-state index contributed by atoms with van der Waals surface area (Å²) in [6.07, 6.45) is 0. The molecule has 8 heteroatoms. The van der Waals surface area contributed by atoms with E-state index in [1.807, 2.05) is 49.4 Å². The van der Waals surface area contributed by atoms with Crippen molar-refractivity contribution in [1.82, 2.24) is 20.2 Å². The average molecular weight is 428 g/mol. The average Bonchev–Trinajstić information content (AvgIpc) is 2.99. The number of rotatable bonds is 4. The number of halogens is 1. The molecule has 1 amide bonds. The molecule has 0 saturated heterocycles. The van der Waals surface area contributed by atoms with Crippen LogP contribution in [0.25, 0.3) is 22.1 Å². The highest BCUT2D eigenvalue weighted by Crippen LogP contribution is 2.26. The number of carbonyl (C=O) groups excluding carboxylic acids is 1. The summed E-state index contributed by atoms with van der Waals surface area (Å²) >= 11 is 4.71. The van der Waals surface area contributed by atoms with E-state index >= 15 is 0 Å². The molecule has 2 N–H and O–H groups in total. The predicted octanol–water partition coefficient (Wildman–Crippen LogP) is 4.31. The van der Waals surface area contributed by atoms with E-state index in [4.69, 9.17) is 0 Å². The summed E-state index contributed by atoms with van der Waals surface area (Å²) < 4.78 is 0.971. The van der Waals surface area contributed by atoms with Crippen LogP contribution in [0, 0.1) is 6.92 Å². The Kier molecular flexibility index (Phi) is 4.60. The Hall–Kier alpha value is -2.45. The van der Waals surface area contributed by atoms with Gasteiger partial charge in [-0.25, -0.2) is 4.98 Å². The summed E-state index contributed by atoms with van der Waals surface area (Å²) in [6, 6.07) is 13.6. The third-order valence-corrected chi connectivity index (χ3v) is 5.24. The standard InChI is InChI=1S/C18H14BrN5OS/c1-10-4-2-3-5-13(10)20-15(25)9-26-18-22-17-16(23-24-18)12-8-11(19)6-7-14(12)21-17/h2-8H,9H2,1H3,(H,20,25)(H,21,22,24). The molecule has 0 fully saturated rings. The summed E-state index contributed by atoms with van der Waals surface area (Å²) in [7, 11) is 0. The van der Waals surface area contributed by atoms with Gasteiger partial charge in [-0.15, -0.1) is 10.2 Å².